The molecule has 1 aromatic rings. The van der Waals surface area contributed by atoms with Crippen LogP contribution in [-0.2, 0) is 10.0 Å². The van der Waals surface area contributed by atoms with Crippen LogP contribution in [0, 0.1) is 25.2 Å². The maximum Gasteiger partial charge on any atom is 0.242 e. The average molecular weight is 292 g/mol. The van der Waals surface area contributed by atoms with Crippen molar-refractivity contribution in [3.05, 3.63) is 29.3 Å². The summed E-state index contributed by atoms with van der Waals surface area (Å²) in [7, 11) is -3.66. The third-order valence-corrected chi connectivity index (χ3v) is 5.56. The second-order valence-corrected chi connectivity index (χ2v) is 7.28. The van der Waals surface area contributed by atoms with Gasteiger partial charge in [-0.2, -0.15) is 9.98 Å². The summed E-state index contributed by atoms with van der Waals surface area (Å²) in [6.07, 6.45) is 4.03. The molecule has 0 saturated heterocycles. The van der Waals surface area contributed by atoms with Crippen molar-refractivity contribution in [3.63, 3.8) is 0 Å². The van der Waals surface area contributed by atoms with Gasteiger partial charge < -0.3 is 0 Å². The molecule has 0 unspecified atom stereocenters. The van der Waals surface area contributed by atoms with Crippen LogP contribution in [0.3, 0.4) is 0 Å². The lowest BCUT2D eigenvalue weighted by molar-refractivity contribution is 0.338. The minimum Gasteiger partial charge on any atom is -0.207 e. The second kappa shape index (κ2) is 5.55. The number of hydrogen-bond acceptors (Lipinski definition) is 3. The first-order valence-electron chi connectivity index (χ1n) is 6.91. The number of nitriles is 1. The van der Waals surface area contributed by atoms with Crippen LogP contribution in [0.5, 0.6) is 0 Å². The van der Waals surface area contributed by atoms with Gasteiger partial charge in [0.15, 0.2) is 0 Å². The van der Waals surface area contributed by atoms with Crippen molar-refractivity contribution in [1.82, 2.24) is 4.72 Å². The molecule has 1 fully saturated rings. The third-order valence-electron chi connectivity index (χ3n) is 3.88. The lowest BCUT2D eigenvalue weighted by Gasteiger charge is -2.31. The zero-order valence-electron chi connectivity index (χ0n) is 11.9. The van der Waals surface area contributed by atoms with Gasteiger partial charge in [-0.15, -0.1) is 0 Å². The number of nitrogens with zero attached hydrogens (tertiary/aromatic N) is 1. The van der Waals surface area contributed by atoms with Gasteiger partial charge in [-0.05, 0) is 43.9 Å². The van der Waals surface area contributed by atoms with Crippen molar-refractivity contribution in [2.75, 3.05) is 0 Å². The molecule has 0 atom stereocenters. The molecule has 4 nitrogen and oxygen atoms in total. The molecule has 0 aromatic heterocycles. The first-order chi connectivity index (χ1) is 9.38. The highest BCUT2D eigenvalue weighted by molar-refractivity contribution is 7.89. The fraction of sp³-hybridized carbons (Fsp3) is 0.533. The molecule has 1 saturated carbocycles. The number of benzene rings is 1. The quantitative estimate of drug-likeness (QED) is 0.931. The SMILES string of the molecule is Cc1ccc(C)c(S(=O)(=O)NC2(C#N)CCCCC2)c1. The summed E-state index contributed by atoms with van der Waals surface area (Å²) in [5.74, 6) is 0. The van der Waals surface area contributed by atoms with Crippen LogP contribution in [0.4, 0.5) is 0 Å². The lowest BCUT2D eigenvalue weighted by Crippen LogP contribution is -2.48. The van der Waals surface area contributed by atoms with E-state index < -0.39 is 15.6 Å². The van der Waals surface area contributed by atoms with Gasteiger partial charge >= 0.3 is 0 Å². The summed E-state index contributed by atoms with van der Waals surface area (Å²) in [6, 6.07) is 7.52. The van der Waals surface area contributed by atoms with E-state index in [0.717, 1.165) is 24.8 Å². The van der Waals surface area contributed by atoms with Gasteiger partial charge in [0.2, 0.25) is 10.0 Å². The molecule has 0 spiro atoms. The van der Waals surface area contributed by atoms with E-state index in [4.69, 9.17) is 0 Å². The minimum absolute atomic E-state index is 0.276. The Morgan fingerprint density at radius 3 is 2.45 bits per heavy atom. The largest absolute Gasteiger partial charge is 0.242 e. The summed E-state index contributed by atoms with van der Waals surface area (Å²) in [4.78, 5) is 0.276. The third kappa shape index (κ3) is 3.02. The molecule has 1 aromatic carbocycles. The predicted octanol–water partition coefficient (Wildman–Crippen LogP) is 2.81. The molecular formula is C15H20N2O2S. The van der Waals surface area contributed by atoms with Crippen molar-refractivity contribution in [2.45, 2.75) is 56.4 Å². The number of aryl methyl sites for hydroxylation is 2. The van der Waals surface area contributed by atoms with E-state index in [1.807, 2.05) is 13.0 Å². The van der Waals surface area contributed by atoms with E-state index in [0.29, 0.717) is 18.4 Å². The normalized spacial score (nSPS) is 18.4. The first kappa shape index (κ1) is 15.0. The smallest absolute Gasteiger partial charge is 0.207 e. The number of nitrogens with one attached hydrogen (secondary N) is 1. The average Bonchev–Trinajstić information content (AvgIpc) is 2.42. The second-order valence-electron chi connectivity index (χ2n) is 5.63. The van der Waals surface area contributed by atoms with Gasteiger partial charge in [0.1, 0.15) is 5.54 Å². The molecule has 1 aliphatic rings. The standard InChI is InChI=1S/C15H20N2O2S/c1-12-6-7-13(2)14(10-12)20(18,19)17-15(11-16)8-4-3-5-9-15/h6-7,10,17H,3-5,8-9H2,1-2H3. The Morgan fingerprint density at radius 2 is 1.85 bits per heavy atom. The molecule has 0 amide bonds. The zero-order chi connectivity index (χ0) is 14.8. The highest BCUT2D eigenvalue weighted by Crippen LogP contribution is 2.30. The van der Waals surface area contributed by atoms with Crippen molar-refractivity contribution < 1.29 is 8.42 Å². The van der Waals surface area contributed by atoms with E-state index in [-0.39, 0.29) is 4.90 Å². The van der Waals surface area contributed by atoms with E-state index in [1.54, 1.807) is 19.1 Å². The molecule has 2 rings (SSSR count). The Kier molecular flexibility index (Phi) is 4.17. The van der Waals surface area contributed by atoms with Gasteiger partial charge in [-0.25, -0.2) is 8.42 Å². The highest BCUT2D eigenvalue weighted by atomic mass is 32.2. The lowest BCUT2D eigenvalue weighted by atomic mass is 9.84. The van der Waals surface area contributed by atoms with Crippen molar-refractivity contribution in [1.29, 1.82) is 5.26 Å². The Bertz CT molecular complexity index is 638. The van der Waals surface area contributed by atoms with Crippen LogP contribution in [0.25, 0.3) is 0 Å². The summed E-state index contributed by atoms with van der Waals surface area (Å²) >= 11 is 0. The monoisotopic (exact) mass is 292 g/mol. The summed E-state index contributed by atoms with van der Waals surface area (Å²) in [5, 5.41) is 9.40. The predicted molar refractivity (Wildman–Crippen MR) is 77.7 cm³/mol. The molecule has 1 aliphatic carbocycles. The van der Waals surface area contributed by atoms with Crippen molar-refractivity contribution >= 4 is 10.0 Å². The van der Waals surface area contributed by atoms with Gasteiger partial charge in [0.05, 0.1) is 11.0 Å². The van der Waals surface area contributed by atoms with E-state index >= 15 is 0 Å². The van der Waals surface area contributed by atoms with Gasteiger partial charge in [-0.3, -0.25) is 0 Å². The maximum atomic E-state index is 12.6. The topological polar surface area (TPSA) is 70.0 Å². The van der Waals surface area contributed by atoms with E-state index in [1.165, 1.54) is 0 Å². The number of rotatable bonds is 3. The molecule has 20 heavy (non-hydrogen) atoms. The number of hydrogen-bond donors (Lipinski definition) is 1. The Labute approximate surface area is 120 Å². The fourth-order valence-electron chi connectivity index (χ4n) is 2.70. The van der Waals surface area contributed by atoms with Gasteiger partial charge in [0.25, 0.3) is 0 Å². The van der Waals surface area contributed by atoms with Gasteiger partial charge in [-0.1, -0.05) is 31.4 Å². The molecule has 108 valence electrons. The zero-order valence-corrected chi connectivity index (χ0v) is 12.8. The van der Waals surface area contributed by atoms with Crippen molar-refractivity contribution in [3.8, 4) is 6.07 Å². The van der Waals surface area contributed by atoms with Crippen LogP contribution in [0.1, 0.15) is 43.2 Å². The number of sulfonamides is 1. The molecular weight excluding hydrogens is 272 g/mol. The summed E-state index contributed by atoms with van der Waals surface area (Å²) in [5.41, 5.74) is 0.658. The molecule has 0 bridgehead atoms. The summed E-state index contributed by atoms with van der Waals surface area (Å²) in [6.45, 7) is 3.63. The van der Waals surface area contributed by atoms with Crippen LogP contribution < -0.4 is 4.72 Å². The Hall–Kier alpha value is -1.38. The molecule has 5 heteroatoms. The van der Waals surface area contributed by atoms with Crippen LogP contribution in [0.15, 0.2) is 23.1 Å². The Balaban J connectivity index is 2.36. The van der Waals surface area contributed by atoms with Crippen LogP contribution >= 0.6 is 0 Å². The molecule has 0 heterocycles. The van der Waals surface area contributed by atoms with E-state index in [2.05, 4.69) is 10.8 Å². The highest BCUT2D eigenvalue weighted by Gasteiger charge is 2.37. The Morgan fingerprint density at radius 1 is 1.20 bits per heavy atom. The van der Waals surface area contributed by atoms with Crippen molar-refractivity contribution in [2.24, 2.45) is 0 Å². The maximum absolute atomic E-state index is 12.6. The molecule has 0 radical (unpaired) electrons. The minimum atomic E-state index is -3.66. The molecule has 0 aliphatic heterocycles. The van der Waals surface area contributed by atoms with Crippen LogP contribution in [0.2, 0.25) is 0 Å². The van der Waals surface area contributed by atoms with Gasteiger partial charge in [0, 0.05) is 0 Å². The van der Waals surface area contributed by atoms with E-state index in [9.17, 15) is 13.7 Å². The van der Waals surface area contributed by atoms with Crippen LogP contribution in [-0.4, -0.2) is 14.0 Å². The molecule has 1 N–H and O–H groups in total. The first-order valence-corrected chi connectivity index (χ1v) is 8.39. The summed E-state index contributed by atoms with van der Waals surface area (Å²) < 4.78 is 27.8. The fourth-order valence-corrected chi connectivity index (χ4v) is 4.41.